The van der Waals surface area contributed by atoms with Crippen LogP contribution in [-0.2, 0) is 17.8 Å². The van der Waals surface area contributed by atoms with Gasteiger partial charge >= 0.3 is 0 Å². The number of amides is 1. The second-order valence-corrected chi connectivity index (χ2v) is 7.13. The minimum absolute atomic E-state index is 0.107. The number of rotatable bonds is 5. The van der Waals surface area contributed by atoms with Gasteiger partial charge in [0.15, 0.2) is 5.60 Å². The highest BCUT2D eigenvalue weighted by atomic mass is 16.5. The second kappa shape index (κ2) is 6.97. The molecule has 3 rings (SSSR count). The van der Waals surface area contributed by atoms with Crippen LogP contribution in [0.4, 0.5) is 0 Å². The van der Waals surface area contributed by atoms with Crippen LogP contribution in [0.5, 0.6) is 11.5 Å². The van der Waals surface area contributed by atoms with Crippen molar-refractivity contribution in [2.24, 2.45) is 0 Å². The first-order chi connectivity index (χ1) is 12.3. The Bertz CT molecular complexity index is 817. The van der Waals surface area contributed by atoms with Crippen molar-refractivity contribution in [2.75, 3.05) is 6.54 Å². The highest BCUT2D eigenvalue weighted by molar-refractivity contribution is 5.85. The third-order valence-electron chi connectivity index (χ3n) is 5.32. The molecule has 0 radical (unpaired) electrons. The maximum atomic E-state index is 12.7. The molecule has 140 valence electrons. The quantitative estimate of drug-likeness (QED) is 0.800. The number of carbonyl (C=O) groups excluding carboxylic acids is 1. The smallest absolute Gasteiger partial charge is 0.263 e. The third kappa shape index (κ3) is 3.25. The summed E-state index contributed by atoms with van der Waals surface area (Å²) in [5, 5.41) is 17.3. The van der Waals surface area contributed by atoms with E-state index in [0.717, 1.165) is 34.4 Å². The monoisotopic (exact) mass is 358 g/mol. The SMILES string of the molecule is Cc1c(C)c2c(c(C)c1O)CCC(C)(C(=O)NCCCn1cncn1)O2. The molecule has 0 aliphatic carbocycles. The van der Waals surface area contributed by atoms with Crippen molar-refractivity contribution in [2.45, 2.75) is 59.1 Å². The number of phenols is 1. The third-order valence-corrected chi connectivity index (χ3v) is 5.32. The van der Waals surface area contributed by atoms with E-state index < -0.39 is 5.60 Å². The Morgan fingerprint density at radius 2 is 2.12 bits per heavy atom. The fourth-order valence-corrected chi connectivity index (χ4v) is 3.39. The van der Waals surface area contributed by atoms with Gasteiger partial charge in [0.1, 0.15) is 24.2 Å². The number of ether oxygens (including phenoxy) is 1. The molecule has 0 spiro atoms. The molecule has 1 aromatic carbocycles. The molecule has 0 bridgehead atoms. The maximum Gasteiger partial charge on any atom is 0.263 e. The molecule has 1 unspecified atom stereocenters. The van der Waals surface area contributed by atoms with Gasteiger partial charge in [0.25, 0.3) is 5.91 Å². The average Bonchev–Trinajstić information content (AvgIpc) is 3.15. The van der Waals surface area contributed by atoms with E-state index >= 15 is 0 Å². The molecular formula is C19H26N4O3. The standard InChI is InChI=1S/C19H26N4O3/c1-12-13(2)17-15(14(3)16(12)24)6-7-19(4,26-17)18(25)21-8-5-9-23-11-20-10-22-23/h10-11,24H,5-9H2,1-4H3,(H,21,25). The lowest BCUT2D eigenvalue weighted by molar-refractivity contribution is -0.136. The Balaban J connectivity index is 1.67. The number of benzene rings is 1. The predicted octanol–water partition coefficient (Wildman–Crippen LogP) is 2.20. The maximum absolute atomic E-state index is 12.7. The van der Waals surface area contributed by atoms with Gasteiger partial charge < -0.3 is 15.2 Å². The molecule has 7 nitrogen and oxygen atoms in total. The van der Waals surface area contributed by atoms with Gasteiger partial charge in [-0.3, -0.25) is 9.48 Å². The molecule has 0 saturated heterocycles. The van der Waals surface area contributed by atoms with Gasteiger partial charge in [-0.05, 0) is 57.2 Å². The first-order valence-electron chi connectivity index (χ1n) is 8.95. The van der Waals surface area contributed by atoms with E-state index in [9.17, 15) is 9.90 Å². The number of hydrogen-bond acceptors (Lipinski definition) is 5. The Kier molecular flexibility index (Phi) is 4.89. The number of nitrogens with zero attached hydrogens (tertiary/aromatic N) is 3. The first kappa shape index (κ1) is 18.2. The molecule has 2 aromatic rings. The molecule has 1 aliphatic rings. The van der Waals surface area contributed by atoms with Gasteiger partial charge in [0.05, 0.1) is 0 Å². The van der Waals surface area contributed by atoms with Crippen molar-refractivity contribution in [3.8, 4) is 11.5 Å². The van der Waals surface area contributed by atoms with Crippen LogP contribution >= 0.6 is 0 Å². The molecule has 0 saturated carbocycles. The van der Waals surface area contributed by atoms with Crippen molar-refractivity contribution in [1.82, 2.24) is 20.1 Å². The van der Waals surface area contributed by atoms with Gasteiger partial charge in [-0.2, -0.15) is 5.10 Å². The molecule has 1 aliphatic heterocycles. The molecule has 1 aromatic heterocycles. The Hall–Kier alpha value is -2.57. The lowest BCUT2D eigenvalue weighted by atomic mass is 9.86. The molecule has 2 N–H and O–H groups in total. The molecule has 1 atom stereocenters. The van der Waals surface area contributed by atoms with Crippen molar-refractivity contribution in [3.63, 3.8) is 0 Å². The number of aromatic nitrogens is 3. The fraction of sp³-hybridized carbons (Fsp3) is 0.526. The van der Waals surface area contributed by atoms with Crippen LogP contribution in [0.2, 0.25) is 0 Å². The first-order valence-corrected chi connectivity index (χ1v) is 8.95. The largest absolute Gasteiger partial charge is 0.507 e. The van der Waals surface area contributed by atoms with Crippen LogP contribution in [0.1, 0.15) is 42.0 Å². The van der Waals surface area contributed by atoms with E-state index in [1.54, 1.807) is 11.0 Å². The number of phenolic OH excluding ortho intramolecular Hbond substituents is 1. The normalized spacial score (nSPS) is 18.9. The number of aryl methyl sites for hydroxylation is 1. The van der Waals surface area contributed by atoms with Crippen LogP contribution in [0.15, 0.2) is 12.7 Å². The van der Waals surface area contributed by atoms with E-state index in [1.165, 1.54) is 6.33 Å². The summed E-state index contributed by atoms with van der Waals surface area (Å²) in [5.74, 6) is 0.958. The summed E-state index contributed by atoms with van der Waals surface area (Å²) in [4.78, 5) is 16.6. The van der Waals surface area contributed by atoms with Gasteiger partial charge in [0, 0.05) is 25.1 Å². The molecule has 1 amide bonds. The summed E-state index contributed by atoms with van der Waals surface area (Å²) >= 11 is 0. The fourth-order valence-electron chi connectivity index (χ4n) is 3.39. The lowest BCUT2D eigenvalue weighted by Crippen LogP contribution is -2.51. The molecule has 2 heterocycles. The zero-order chi connectivity index (χ0) is 18.9. The molecule has 0 fully saturated rings. The topological polar surface area (TPSA) is 89.3 Å². The summed E-state index contributed by atoms with van der Waals surface area (Å²) in [6.45, 7) is 8.79. The number of aromatic hydroxyl groups is 1. The van der Waals surface area contributed by atoms with Crippen LogP contribution < -0.4 is 10.1 Å². The zero-order valence-corrected chi connectivity index (χ0v) is 15.8. The van der Waals surface area contributed by atoms with Crippen molar-refractivity contribution in [1.29, 1.82) is 0 Å². The van der Waals surface area contributed by atoms with E-state index in [1.807, 2.05) is 27.7 Å². The molecule has 7 heteroatoms. The van der Waals surface area contributed by atoms with Crippen LogP contribution in [-0.4, -0.2) is 37.9 Å². The lowest BCUT2D eigenvalue weighted by Gasteiger charge is -2.36. The number of hydrogen-bond donors (Lipinski definition) is 2. The van der Waals surface area contributed by atoms with Crippen molar-refractivity contribution >= 4 is 5.91 Å². The van der Waals surface area contributed by atoms with E-state index in [0.29, 0.717) is 31.7 Å². The zero-order valence-electron chi connectivity index (χ0n) is 15.8. The predicted molar refractivity (Wildman–Crippen MR) is 97.3 cm³/mol. The summed E-state index contributed by atoms with van der Waals surface area (Å²) in [6, 6.07) is 0. The molecular weight excluding hydrogens is 332 g/mol. The van der Waals surface area contributed by atoms with E-state index in [-0.39, 0.29) is 5.91 Å². The minimum Gasteiger partial charge on any atom is -0.507 e. The van der Waals surface area contributed by atoms with Gasteiger partial charge in [-0.25, -0.2) is 4.98 Å². The molecule has 26 heavy (non-hydrogen) atoms. The van der Waals surface area contributed by atoms with E-state index in [2.05, 4.69) is 15.4 Å². The highest BCUT2D eigenvalue weighted by Gasteiger charge is 2.40. The number of nitrogens with one attached hydrogen (secondary N) is 1. The Labute approximate surface area is 153 Å². The summed E-state index contributed by atoms with van der Waals surface area (Å²) in [6.07, 6.45) is 5.22. The summed E-state index contributed by atoms with van der Waals surface area (Å²) in [7, 11) is 0. The number of carbonyl (C=O) groups is 1. The van der Waals surface area contributed by atoms with Gasteiger partial charge in [0.2, 0.25) is 0 Å². The summed E-state index contributed by atoms with van der Waals surface area (Å²) < 4.78 is 7.92. The van der Waals surface area contributed by atoms with Crippen molar-refractivity contribution in [3.05, 3.63) is 34.9 Å². The Morgan fingerprint density at radius 3 is 2.81 bits per heavy atom. The number of fused-ring (bicyclic) bond motifs is 1. The van der Waals surface area contributed by atoms with Gasteiger partial charge in [-0.1, -0.05) is 0 Å². The second-order valence-electron chi connectivity index (χ2n) is 7.13. The van der Waals surface area contributed by atoms with Crippen molar-refractivity contribution < 1.29 is 14.6 Å². The minimum atomic E-state index is -0.902. The average molecular weight is 358 g/mol. The van der Waals surface area contributed by atoms with E-state index in [4.69, 9.17) is 4.74 Å². The van der Waals surface area contributed by atoms with Crippen LogP contribution in [0.3, 0.4) is 0 Å². The van der Waals surface area contributed by atoms with Crippen LogP contribution in [0, 0.1) is 20.8 Å². The van der Waals surface area contributed by atoms with Crippen LogP contribution in [0.25, 0.3) is 0 Å². The summed E-state index contributed by atoms with van der Waals surface area (Å²) in [5.41, 5.74) is 2.65. The Morgan fingerprint density at radius 1 is 1.35 bits per heavy atom. The van der Waals surface area contributed by atoms with Gasteiger partial charge in [-0.15, -0.1) is 0 Å². The highest BCUT2D eigenvalue weighted by Crippen LogP contribution is 2.43.